The second-order valence-electron chi connectivity index (χ2n) is 3.97. The molecule has 2 aromatic rings. The Morgan fingerprint density at radius 2 is 1.06 bits per heavy atom. The van der Waals surface area contributed by atoms with E-state index in [0.717, 1.165) is 8.95 Å². The fourth-order valence-electron chi connectivity index (χ4n) is 1.69. The van der Waals surface area contributed by atoms with Crippen molar-refractivity contribution in [2.75, 3.05) is 0 Å². The Labute approximate surface area is 113 Å². The standard InChI is InChI=1S/C14H12Br2/c1-9-3-5-13(15)11(7-9)12-8-10(2)4-6-14(12)16/h3-8H,1-2H3. The molecule has 16 heavy (non-hydrogen) atoms. The van der Waals surface area contributed by atoms with Crippen molar-refractivity contribution in [3.05, 3.63) is 56.5 Å². The Kier molecular flexibility index (Phi) is 3.50. The molecule has 0 atom stereocenters. The van der Waals surface area contributed by atoms with Crippen LogP contribution in [-0.4, -0.2) is 0 Å². The van der Waals surface area contributed by atoms with E-state index >= 15 is 0 Å². The lowest BCUT2D eigenvalue weighted by Crippen LogP contribution is -1.85. The molecule has 0 saturated carbocycles. The number of benzene rings is 2. The molecule has 0 aliphatic carbocycles. The van der Waals surface area contributed by atoms with Gasteiger partial charge in [0.15, 0.2) is 0 Å². The van der Waals surface area contributed by atoms with E-state index in [1.54, 1.807) is 0 Å². The summed E-state index contributed by atoms with van der Waals surface area (Å²) in [6.07, 6.45) is 0. The molecule has 0 nitrogen and oxygen atoms in total. The van der Waals surface area contributed by atoms with Crippen molar-refractivity contribution in [3.8, 4) is 11.1 Å². The quantitative estimate of drug-likeness (QED) is 0.644. The Bertz CT molecular complexity index is 481. The minimum atomic E-state index is 1.13. The van der Waals surface area contributed by atoms with Crippen LogP contribution in [-0.2, 0) is 0 Å². The van der Waals surface area contributed by atoms with Crippen LogP contribution in [0, 0.1) is 13.8 Å². The summed E-state index contributed by atoms with van der Waals surface area (Å²) in [6.45, 7) is 4.22. The van der Waals surface area contributed by atoms with Crippen LogP contribution < -0.4 is 0 Å². The first-order valence-electron chi connectivity index (χ1n) is 5.10. The van der Waals surface area contributed by atoms with Crippen LogP contribution in [0.2, 0.25) is 0 Å². The predicted molar refractivity (Wildman–Crippen MR) is 76.8 cm³/mol. The highest BCUT2D eigenvalue weighted by Gasteiger charge is 2.07. The number of halogens is 2. The van der Waals surface area contributed by atoms with Gasteiger partial charge in [-0.05, 0) is 37.1 Å². The van der Waals surface area contributed by atoms with Crippen LogP contribution in [0.25, 0.3) is 11.1 Å². The molecule has 0 N–H and O–H groups in total. The maximum Gasteiger partial charge on any atom is 0.0254 e. The highest BCUT2D eigenvalue weighted by Crippen LogP contribution is 2.34. The topological polar surface area (TPSA) is 0 Å². The summed E-state index contributed by atoms with van der Waals surface area (Å²) < 4.78 is 2.26. The van der Waals surface area contributed by atoms with Gasteiger partial charge in [0.25, 0.3) is 0 Å². The third kappa shape index (κ3) is 2.38. The summed E-state index contributed by atoms with van der Waals surface area (Å²) >= 11 is 7.21. The average molecular weight is 340 g/mol. The first kappa shape index (κ1) is 11.9. The largest absolute Gasteiger partial charge is 0.0582 e. The third-order valence-electron chi connectivity index (χ3n) is 2.53. The van der Waals surface area contributed by atoms with Gasteiger partial charge in [-0.3, -0.25) is 0 Å². The summed E-state index contributed by atoms with van der Waals surface area (Å²) in [7, 11) is 0. The van der Waals surface area contributed by atoms with E-state index in [0.29, 0.717) is 0 Å². The zero-order valence-electron chi connectivity index (χ0n) is 9.22. The summed E-state index contributed by atoms with van der Waals surface area (Å²) in [5, 5.41) is 0. The van der Waals surface area contributed by atoms with Crippen molar-refractivity contribution in [1.29, 1.82) is 0 Å². The van der Waals surface area contributed by atoms with Crippen molar-refractivity contribution in [2.45, 2.75) is 13.8 Å². The summed E-state index contributed by atoms with van der Waals surface area (Å²) in [6, 6.07) is 12.8. The van der Waals surface area contributed by atoms with Gasteiger partial charge in [0.2, 0.25) is 0 Å². The lowest BCUT2D eigenvalue weighted by Gasteiger charge is -2.09. The van der Waals surface area contributed by atoms with Crippen LogP contribution in [0.1, 0.15) is 11.1 Å². The zero-order valence-corrected chi connectivity index (χ0v) is 12.4. The van der Waals surface area contributed by atoms with Crippen LogP contribution in [0.4, 0.5) is 0 Å². The molecule has 0 bridgehead atoms. The smallest absolute Gasteiger partial charge is 0.0254 e. The van der Waals surface area contributed by atoms with Crippen LogP contribution in [0.5, 0.6) is 0 Å². The Hall–Kier alpha value is -0.600. The van der Waals surface area contributed by atoms with Gasteiger partial charge in [-0.25, -0.2) is 0 Å². The van der Waals surface area contributed by atoms with Crippen molar-refractivity contribution in [3.63, 3.8) is 0 Å². The maximum atomic E-state index is 3.61. The van der Waals surface area contributed by atoms with Crippen molar-refractivity contribution in [1.82, 2.24) is 0 Å². The molecule has 0 unspecified atom stereocenters. The van der Waals surface area contributed by atoms with E-state index in [1.807, 2.05) is 0 Å². The number of aryl methyl sites for hydroxylation is 2. The van der Waals surface area contributed by atoms with Gasteiger partial charge in [0, 0.05) is 8.95 Å². The molecule has 2 aromatic carbocycles. The molecule has 0 fully saturated rings. The molecule has 0 amide bonds. The van der Waals surface area contributed by atoms with E-state index < -0.39 is 0 Å². The molecule has 0 aromatic heterocycles. The predicted octanol–water partition coefficient (Wildman–Crippen LogP) is 5.50. The molecular formula is C14H12Br2. The first-order valence-corrected chi connectivity index (χ1v) is 6.69. The molecule has 0 aliphatic heterocycles. The highest BCUT2D eigenvalue weighted by atomic mass is 79.9. The molecule has 0 spiro atoms. The van der Waals surface area contributed by atoms with E-state index in [2.05, 4.69) is 82.1 Å². The highest BCUT2D eigenvalue weighted by molar-refractivity contribution is 9.11. The average Bonchev–Trinajstić information content (AvgIpc) is 2.25. The van der Waals surface area contributed by atoms with Gasteiger partial charge >= 0.3 is 0 Å². The summed E-state index contributed by atoms with van der Waals surface area (Å²) in [5.74, 6) is 0. The Balaban J connectivity index is 2.66. The van der Waals surface area contributed by atoms with Gasteiger partial charge in [0.05, 0.1) is 0 Å². The van der Waals surface area contributed by atoms with Crippen molar-refractivity contribution in [2.24, 2.45) is 0 Å². The van der Waals surface area contributed by atoms with E-state index in [1.165, 1.54) is 22.3 Å². The number of hydrogen-bond acceptors (Lipinski definition) is 0. The summed E-state index contributed by atoms with van der Waals surface area (Å²) in [5.41, 5.74) is 5.00. The summed E-state index contributed by atoms with van der Waals surface area (Å²) in [4.78, 5) is 0. The molecule has 2 heteroatoms. The molecule has 2 rings (SSSR count). The van der Waals surface area contributed by atoms with Crippen molar-refractivity contribution >= 4 is 31.9 Å². The molecule has 0 saturated heterocycles. The maximum absolute atomic E-state index is 3.61. The van der Waals surface area contributed by atoms with Gasteiger partial charge < -0.3 is 0 Å². The Morgan fingerprint density at radius 3 is 1.44 bits per heavy atom. The van der Waals surface area contributed by atoms with Gasteiger partial charge in [-0.1, -0.05) is 67.3 Å². The monoisotopic (exact) mass is 338 g/mol. The van der Waals surface area contributed by atoms with E-state index in [-0.39, 0.29) is 0 Å². The second kappa shape index (κ2) is 4.72. The lowest BCUT2D eigenvalue weighted by atomic mass is 10.0. The molecule has 0 heterocycles. The van der Waals surface area contributed by atoms with E-state index in [9.17, 15) is 0 Å². The van der Waals surface area contributed by atoms with Crippen LogP contribution in [0.3, 0.4) is 0 Å². The molecule has 0 aliphatic rings. The number of hydrogen-bond donors (Lipinski definition) is 0. The van der Waals surface area contributed by atoms with E-state index in [4.69, 9.17) is 0 Å². The fourth-order valence-corrected chi connectivity index (χ4v) is 2.61. The molecule has 0 radical (unpaired) electrons. The first-order chi connectivity index (χ1) is 7.58. The SMILES string of the molecule is Cc1ccc(Br)c(-c2cc(C)ccc2Br)c1. The number of rotatable bonds is 1. The normalized spacial score (nSPS) is 10.5. The minimum Gasteiger partial charge on any atom is -0.0582 e. The van der Waals surface area contributed by atoms with Crippen LogP contribution in [0.15, 0.2) is 45.3 Å². The van der Waals surface area contributed by atoms with Gasteiger partial charge in [-0.2, -0.15) is 0 Å². The lowest BCUT2D eigenvalue weighted by molar-refractivity contribution is 1.41. The minimum absolute atomic E-state index is 1.13. The zero-order chi connectivity index (χ0) is 11.7. The molecular weight excluding hydrogens is 328 g/mol. The van der Waals surface area contributed by atoms with Gasteiger partial charge in [-0.15, -0.1) is 0 Å². The van der Waals surface area contributed by atoms with Crippen molar-refractivity contribution < 1.29 is 0 Å². The Morgan fingerprint density at radius 1 is 0.688 bits per heavy atom. The fraction of sp³-hybridized carbons (Fsp3) is 0.143. The second-order valence-corrected chi connectivity index (χ2v) is 5.68. The van der Waals surface area contributed by atoms with Crippen LogP contribution >= 0.6 is 31.9 Å². The molecule has 82 valence electrons. The van der Waals surface area contributed by atoms with Gasteiger partial charge in [0.1, 0.15) is 0 Å². The third-order valence-corrected chi connectivity index (χ3v) is 3.92.